The van der Waals surface area contributed by atoms with Gasteiger partial charge in [0.05, 0.1) is 11.1 Å². The van der Waals surface area contributed by atoms with Gasteiger partial charge in [0.15, 0.2) is 5.78 Å². The van der Waals surface area contributed by atoms with Gasteiger partial charge in [0.25, 0.3) is 5.56 Å². The molecule has 0 unspecified atom stereocenters. The van der Waals surface area contributed by atoms with E-state index < -0.39 is 28.9 Å². The molecule has 29 heavy (non-hydrogen) atoms. The molecular weight excluding hydrogens is 387 g/mol. The van der Waals surface area contributed by atoms with E-state index in [1.807, 2.05) is 0 Å². The van der Waals surface area contributed by atoms with Crippen LogP contribution >= 0.6 is 0 Å². The zero-order valence-electron chi connectivity index (χ0n) is 15.8. The van der Waals surface area contributed by atoms with E-state index in [2.05, 4.69) is 5.32 Å². The first-order chi connectivity index (χ1) is 13.6. The van der Waals surface area contributed by atoms with Crippen LogP contribution in [0.15, 0.2) is 45.1 Å². The average molecular weight is 405 g/mol. The fraction of sp³-hybridized carbons (Fsp3) is 0.350. The first-order valence-electron chi connectivity index (χ1n) is 9.11. The van der Waals surface area contributed by atoms with Gasteiger partial charge in [-0.1, -0.05) is 12.1 Å². The van der Waals surface area contributed by atoms with Crippen LogP contribution in [0.4, 0.5) is 19.0 Å². The second-order valence-corrected chi connectivity index (χ2v) is 7.31. The molecule has 2 aromatic rings. The minimum atomic E-state index is -4.49. The third-order valence-electron chi connectivity index (χ3n) is 5.57. The summed E-state index contributed by atoms with van der Waals surface area (Å²) in [5, 5.41) is 3.07. The van der Waals surface area contributed by atoms with Crippen LogP contribution < -0.4 is 16.6 Å². The van der Waals surface area contributed by atoms with E-state index in [0.717, 1.165) is 16.7 Å². The Balaban J connectivity index is 2.00. The number of nitrogens with zero attached hydrogens (tertiary/aromatic N) is 2. The number of fused-ring (bicyclic) bond motifs is 1. The molecule has 0 fully saturated rings. The van der Waals surface area contributed by atoms with Gasteiger partial charge in [0, 0.05) is 37.7 Å². The monoisotopic (exact) mass is 405 g/mol. The highest BCUT2D eigenvalue weighted by molar-refractivity contribution is 6.00. The molecule has 1 aromatic carbocycles. The number of hydrogen-bond donors (Lipinski definition) is 1. The van der Waals surface area contributed by atoms with E-state index in [1.165, 1.54) is 30.8 Å². The second kappa shape index (κ2) is 6.47. The Morgan fingerprint density at radius 2 is 1.66 bits per heavy atom. The molecule has 0 saturated heterocycles. The predicted molar refractivity (Wildman–Crippen MR) is 99.7 cm³/mol. The number of hydrogen-bond acceptors (Lipinski definition) is 4. The number of benzene rings is 1. The highest BCUT2D eigenvalue weighted by Gasteiger charge is 2.39. The molecule has 2 heterocycles. The van der Waals surface area contributed by atoms with Crippen LogP contribution in [0.3, 0.4) is 0 Å². The first kappa shape index (κ1) is 19.2. The fourth-order valence-electron chi connectivity index (χ4n) is 4.10. The van der Waals surface area contributed by atoms with E-state index >= 15 is 0 Å². The standard InChI is InChI=1S/C20H18F3N3O3/c1-25-17-16(18(28)26(2)19(25)29)14(15-12(24-17)4-3-5-13(15)27)10-6-8-11(9-7-10)20(21,22)23/h6-9,14,24H,3-5H2,1-2H3/t14-/m1/s1. The number of anilines is 1. The number of allylic oxidation sites excluding steroid dienone is 2. The lowest BCUT2D eigenvalue weighted by Gasteiger charge is -2.34. The van der Waals surface area contributed by atoms with Crippen molar-refractivity contribution in [2.75, 3.05) is 5.32 Å². The average Bonchev–Trinajstić information content (AvgIpc) is 2.69. The van der Waals surface area contributed by atoms with Crippen molar-refractivity contribution >= 4 is 11.6 Å². The number of aromatic nitrogens is 2. The molecule has 1 aliphatic heterocycles. The lowest BCUT2D eigenvalue weighted by atomic mass is 9.76. The first-order valence-corrected chi connectivity index (χ1v) is 9.11. The van der Waals surface area contributed by atoms with Crippen molar-refractivity contribution in [3.63, 3.8) is 0 Å². The summed E-state index contributed by atoms with van der Waals surface area (Å²) in [6.07, 6.45) is -3.01. The van der Waals surface area contributed by atoms with Gasteiger partial charge < -0.3 is 5.32 Å². The van der Waals surface area contributed by atoms with E-state index in [-0.39, 0.29) is 17.2 Å². The summed E-state index contributed by atoms with van der Waals surface area (Å²) in [6, 6.07) is 4.47. The maximum Gasteiger partial charge on any atom is 0.416 e. The minimum absolute atomic E-state index is 0.148. The molecule has 0 saturated carbocycles. The van der Waals surface area contributed by atoms with Gasteiger partial charge in [-0.3, -0.25) is 18.7 Å². The summed E-state index contributed by atoms with van der Waals surface area (Å²) >= 11 is 0. The SMILES string of the molecule is Cn1c2c(c(=O)n(C)c1=O)[C@H](c1ccc(C(F)(F)F)cc1)C1=C(CCCC1=O)N2. The minimum Gasteiger partial charge on any atom is -0.344 e. The zero-order valence-corrected chi connectivity index (χ0v) is 15.8. The van der Waals surface area contributed by atoms with E-state index in [1.54, 1.807) is 0 Å². The lowest BCUT2D eigenvalue weighted by Crippen LogP contribution is -2.44. The predicted octanol–water partition coefficient (Wildman–Crippen LogP) is 2.67. The lowest BCUT2D eigenvalue weighted by molar-refractivity contribution is -0.137. The maximum absolute atomic E-state index is 13.0. The van der Waals surface area contributed by atoms with Gasteiger partial charge in [-0.2, -0.15) is 13.2 Å². The van der Waals surface area contributed by atoms with Crippen molar-refractivity contribution in [1.82, 2.24) is 9.13 Å². The summed E-state index contributed by atoms with van der Waals surface area (Å²) in [6.45, 7) is 0. The topological polar surface area (TPSA) is 73.1 Å². The summed E-state index contributed by atoms with van der Waals surface area (Å²) < 4.78 is 41.2. The molecule has 1 aromatic heterocycles. The number of nitrogens with one attached hydrogen (secondary N) is 1. The van der Waals surface area contributed by atoms with E-state index in [9.17, 15) is 27.6 Å². The van der Waals surface area contributed by atoms with Crippen LogP contribution in [0, 0.1) is 0 Å². The summed E-state index contributed by atoms with van der Waals surface area (Å²) in [5.74, 6) is -0.705. The van der Waals surface area contributed by atoms with Gasteiger partial charge >= 0.3 is 11.9 Å². The Bertz CT molecular complexity index is 1170. The second-order valence-electron chi connectivity index (χ2n) is 7.31. The van der Waals surface area contributed by atoms with Gasteiger partial charge in [0.2, 0.25) is 0 Å². The molecule has 1 N–H and O–H groups in total. The van der Waals surface area contributed by atoms with Crippen molar-refractivity contribution in [2.24, 2.45) is 14.1 Å². The van der Waals surface area contributed by atoms with Crippen LogP contribution in [-0.4, -0.2) is 14.9 Å². The number of carbonyl (C=O) groups excluding carboxylic acids is 1. The molecule has 1 aliphatic carbocycles. The van der Waals surface area contributed by atoms with Crippen LogP contribution in [0.5, 0.6) is 0 Å². The van der Waals surface area contributed by atoms with Crippen molar-refractivity contribution in [3.8, 4) is 0 Å². The molecule has 4 rings (SSSR count). The molecule has 0 bridgehead atoms. The molecule has 152 valence electrons. The van der Waals surface area contributed by atoms with Crippen molar-refractivity contribution in [1.29, 1.82) is 0 Å². The number of ketones is 1. The van der Waals surface area contributed by atoms with Crippen molar-refractivity contribution in [2.45, 2.75) is 31.4 Å². The summed E-state index contributed by atoms with van der Waals surface area (Å²) in [4.78, 5) is 38.1. The summed E-state index contributed by atoms with van der Waals surface area (Å²) in [5.41, 5.74) is -0.333. The van der Waals surface area contributed by atoms with Gasteiger partial charge in [0.1, 0.15) is 5.82 Å². The Labute approximate surface area is 163 Å². The van der Waals surface area contributed by atoms with Crippen molar-refractivity contribution in [3.05, 3.63) is 73.1 Å². The van der Waals surface area contributed by atoms with Gasteiger partial charge in [-0.15, -0.1) is 0 Å². The quantitative estimate of drug-likeness (QED) is 0.792. The molecule has 2 aliphatic rings. The Hall–Kier alpha value is -3.10. The Morgan fingerprint density at radius 3 is 2.28 bits per heavy atom. The molecule has 6 nitrogen and oxygen atoms in total. The highest BCUT2D eigenvalue weighted by atomic mass is 19.4. The number of halogens is 3. The largest absolute Gasteiger partial charge is 0.416 e. The maximum atomic E-state index is 13.0. The number of alkyl halides is 3. The van der Waals surface area contributed by atoms with Crippen LogP contribution in [0.25, 0.3) is 0 Å². The van der Waals surface area contributed by atoms with Gasteiger partial charge in [-0.05, 0) is 30.5 Å². The Kier molecular flexibility index (Phi) is 4.29. The van der Waals surface area contributed by atoms with Gasteiger partial charge in [-0.25, -0.2) is 4.79 Å². The third-order valence-corrected chi connectivity index (χ3v) is 5.57. The zero-order chi connectivity index (χ0) is 21.1. The highest BCUT2D eigenvalue weighted by Crippen LogP contribution is 2.43. The molecule has 1 atom stereocenters. The fourth-order valence-corrected chi connectivity index (χ4v) is 4.10. The van der Waals surface area contributed by atoms with Crippen LogP contribution in [0.1, 0.15) is 41.9 Å². The molecule has 0 spiro atoms. The molecular formula is C20H18F3N3O3. The summed E-state index contributed by atoms with van der Waals surface area (Å²) in [7, 11) is 2.84. The molecule has 0 amide bonds. The van der Waals surface area contributed by atoms with E-state index in [0.29, 0.717) is 36.1 Å². The normalized spacial score (nSPS) is 18.9. The van der Waals surface area contributed by atoms with E-state index in [4.69, 9.17) is 0 Å². The Morgan fingerprint density at radius 1 is 1.00 bits per heavy atom. The number of rotatable bonds is 1. The number of carbonyl (C=O) groups is 1. The van der Waals surface area contributed by atoms with Crippen LogP contribution in [-0.2, 0) is 25.1 Å². The smallest absolute Gasteiger partial charge is 0.344 e. The molecule has 9 heteroatoms. The van der Waals surface area contributed by atoms with Crippen LogP contribution in [0.2, 0.25) is 0 Å². The third kappa shape index (κ3) is 2.92. The number of Topliss-reactive ketones (excluding diaryl/α,β-unsaturated/α-hetero) is 1. The molecule has 0 radical (unpaired) electrons. The van der Waals surface area contributed by atoms with Crippen molar-refractivity contribution < 1.29 is 18.0 Å².